The minimum Gasteiger partial charge on any atom is -0.406 e. The number of alkyl halides is 3. The van der Waals surface area contributed by atoms with Crippen LogP contribution in [0.5, 0.6) is 5.75 Å². The maximum atomic E-state index is 12.0. The van der Waals surface area contributed by atoms with Gasteiger partial charge >= 0.3 is 6.36 Å². The Balaban J connectivity index is 1.97. The molecule has 1 aliphatic carbocycles. The van der Waals surface area contributed by atoms with Crippen LogP contribution in [0.15, 0.2) is 35.9 Å². The molecule has 0 spiro atoms. The van der Waals surface area contributed by atoms with Crippen LogP contribution in [0.4, 0.5) is 13.2 Å². The summed E-state index contributed by atoms with van der Waals surface area (Å²) < 4.78 is 39.8. The molecular weight excluding hydrogens is 257 g/mol. The number of hydrogen-bond acceptors (Lipinski definition) is 2. The number of halogens is 3. The van der Waals surface area contributed by atoms with Crippen molar-refractivity contribution in [3.05, 3.63) is 41.5 Å². The summed E-state index contributed by atoms with van der Waals surface area (Å²) in [5, 5.41) is 0. The van der Waals surface area contributed by atoms with Crippen molar-refractivity contribution >= 4 is 5.78 Å². The minimum absolute atomic E-state index is 0.218. The lowest BCUT2D eigenvalue weighted by Crippen LogP contribution is -2.17. The highest BCUT2D eigenvalue weighted by atomic mass is 19.4. The number of carbonyl (C=O) groups excluding carboxylic acids is 1. The minimum atomic E-state index is -4.66. The third-order valence-corrected chi connectivity index (χ3v) is 2.93. The van der Waals surface area contributed by atoms with Crippen molar-refractivity contribution in [2.45, 2.75) is 32.0 Å². The third-order valence-electron chi connectivity index (χ3n) is 2.93. The van der Waals surface area contributed by atoms with Crippen LogP contribution in [0.3, 0.4) is 0 Å². The van der Waals surface area contributed by atoms with Gasteiger partial charge in [0.05, 0.1) is 0 Å². The molecule has 0 atom stereocenters. The van der Waals surface area contributed by atoms with E-state index in [9.17, 15) is 18.0 Å². The first-order chi connectivity index (χ1) is 8.92. The maximum Gasteiger partial charge on any atom is 0.573 e. The van der Waals surface area contributed by atoms with Gasteiger partial charge in [-0.15, -0.1) is 13.2 Å². The van der Waals surface area contributed by atoms with E-state index in [0.717, 1.165) is 17.6 Å². The van der Waals surface area contributed by atoms with Gasteiger partial charge in [-0.3, -0.25) is 4.79 Å². The topological polar surface area (TPSA) is 26.3 Å². The molecule has 1 aromatic rings. The van der Waals surface area contributed by atoms with Gasteiger partial charge in [-0.05, 0) is 30.5 Å². The number of hydrogen-bond donors (Lipinski definition) is 0. The van der Waals surface area contributed by atoms with Crippen LogP contribution < -0.4 is 4.74 Å². The first kappa shape index (κ1) is 13.6. The lowest BCUT2D eigenvalue weighted by atomic mass is 9.93. The molecule has 0 saturated carbocycles. The average molecular weight is 270 g/mol. The number of carbonyl (C=O) groups is 1. The van der Waals surface area contributed by atoms with Crippen LogP contribution in [-0.4, -0.2) is 12.1 Å². The smallest absolute Gasteiger partial charge is 0.406 e. The van der Waals surface area contributed by atoms with E-state index in [4.69, 9.17) is 0 Å². The van der Waals surface area contributed by atoms with E-state index in [0.29, 0.717) is 19.3 Å². The van der Waals surface area contributed by atoms with Crippen molar-refractivity contribution in [2.24, 2.45) is 0 Å². The average Bonchev–Trinajstić information content (AvgIpc) is 2.33. The van der Waals surface area contributed by atoms with E-state index in [1.807, 2.05) is 6.08 Å². The molecule has 102 valence electrons. The van der Waals surface area contributed by atoms with Gasteiger partial charge in [-0.2, -0.15) is 0 Å². The number of allylic oxidation sites excluding steroid dienone is 2. The Kier molecular flexibility index (Phi) is 3.93. The van der Waals surface area contributed by atoms with Crippen LogP contribution in [-0.2, 0) is 11.2 Å². The monoisotopic (exact) mass is 270 g/mol. The van der Waals surface area contributed by atoms with Gasteiger partial charge in [0.2, 0.25) is 0 Å². The zero-order valence-corrected chi connectivity index (χ0v) is 10.2. The zero-order valence-electron chi connectivity index (χ0n) is 10.2. The summed E-state index contributed by atoms with van der Waals surface area (Å²) in [6.07, 6.45) is -0.329. The van der Waals surface area contributed by atoms with Crippen molar-refractivity contribution < 1.29 is 22.7 Å². The number of ether oxygens (including phenoxy) is 1. The lowest BCUT2D eigenvalue weighted by molar-refractivity contribution is -0.274. The van der Waals surface area contributed by atoms with E-state index >= 15 is 0 Å². The van der Waals surface area contributed by atoms with Crippen LogP contribution in [0.1, 0.15) is 24.8 Å². The van der Waals surface area contributed by atoms with Crippen molar-refractivity contribution in [1.82, 2.24) is 0 Å². The van der Waals surface area contributed by atoms with Gasteiger partial charge in [0, 0.05) is 12.8 Å². The Morgan fingerprint density at radius 1 is 1.11 bits per heavy atom. The molecule has 0 N–H and O–H groups in total. The van der Waals surface area contributed by atoms with Crippen molar-refractivity contribution in [3.63, 3.8) is 0 Å². The first-order valence-corrected chi connectivity index (χ1v) is 5.97. The van der Waals surface area contributed by atoms with Crippen molar-refractivity contribution in [2.75, 3.05) is 0 Å². The molecule has 19 heavy (non-hydrogen) atoms. The predicted molar refractivity (Wildman–Crippen MR) is 63.8 cm³/mol. The summed E-state index contributed by atoms with van der Waals surface area (Å²) in [5.74, 6) is 0.0155. The number of benzene rings is 1. The Morgan fingerprint density at radius 2 is 1.79 bits per heavy atom. The highest BCUT2D eigenvalue weighted by Crippen LogP contribution is 2.24. The zero-order chi connectivity index (χ0) is 13.9. The molecule has 1 aliphatic rings. The summed E-state index contributed by atoms with van der Waals surface area (Å²) >= 11 is 0. The summed E-state index contributed by atoms with van der Waals surface area (Å²) in [5.41, 5.74) is 2.07. The second kappa shape index (κ2) is 5.47. The fraction of sp³-hybridized carbons (Fsp3) is 0.357. The molecule has 0 aliphatic heterocycles. The van der Waals surface area contributed by atoms with Gasteiger partial charge in [0.15, 0.2) is 0 Å². The number of ketones is 1. The molecular formula is C14H13F3O2. The van der Waals surface area contributed by atoms with Crippen LogP contribution in [0.2, 0.25) is 0 Å². The molecule has 2 nitrogen and oxygen atoms in total. The molecule has 5 heteroatoms. The summed E-state index contributed by atoms with van der Waals surface area (Å²) in [7, 11) is 0. The second-order valence-corrected chi connectivity index (χ2v) is 4.47. The molecule has 0 radical (unpaired) electrons. The van der Waals surface area contributed by atoms with Gasteiger partial charge in [0.25, 0.3) is 0 Å². The Labute approximate surface area is 108 Å². The molecule has 0 amide bonds. The molecule has 0 bridgehead atoms. The number of rotatable bonds is 3. The molecule has 0 saturated heterocycles. The van der Waals surface area contributed by atoms with Crippen molar-refractivity contribution in [1.29, 1.82) is 0 Å². The lowest BCUT2D eigenvalue weighted by Gasteiger charge is -2.13. The van der Waals surface area contributed by atoms with Crippen LogP contribution in [0.25, 0.3) is 0 Å². The molecule has 0 heterocycles. The molecule has 2 rings (SSSR count). The molecule has 1 aromatic carbocycles. The van der Waals surface area contributed by atoms with E-state index in [1.165, 1.54) is 12.1 Å². The molecule has 0 unspecified atom stereocenters. The van der Waals surface area contributed by atoms with E-state index in [2.05, 4.69) is 4.74 Å². The van der Waals surface area contributed by atoms with E-state index < -0.39 is 6.36 Å². The summed E-state index contributed by atoms with van der Waals surface area (Å²) in [4.78, 5) is 11.1. The van der Waals surface area contributed by atoms with E-state index in [1.54, 1.807) is 12.1 Å². The molecule has 0 fully saturated rings. The fourth-order valence-electron chi connectivity index (χ4n) is 1.99. The Hall–Kier alpha value is -1.78. The fourth-order valence-corrected chi connectivity index (χ4v) is 1.99. The van der Waals surface area contributed by atoms with E-state index in [-0.39, 0.29) is 11.5 Å². The van der Waals surface area contributed by atoms with Gasteiger partial charge in [0.1, 0.15) is 11.5 Å². The quantitative estimate of drug-likeness (QED) is 0.781. The Morgan fingerprint density at radius 3 is 2.32 bits per heavy atom. The summed E-state index contributed by atoms with van der Waals surface area (Å²) in [6.45, 7) is 0. The van der Waals surface area contributed by atoms with Gasteiger partial charge < -0.3 is 4.74 Å². The van der Waals surface area contributed by atoms with Crippen LogP contribution in [0, 0.1) is 0 Å². The number of Topliss-reactive ketones (excluding diaryl/α,β-unsaturated/α-hetero) is 1. The van der Waals surface area contributed by atoms with Gasteiger partial charge in [-0.25, -0.2) is 0 Å². The second-order valence-electron chi connectivity index (χ2n) is 4.47. The SMILES string of the molecule is O=C1CC=C(Cc2ccc(OC(F)(F)F)cc2)CC1. The van der Waals surface area contributed by atoms with Crippen molar-refractivity contribution in [3.8, 4) is 5.75 Å². The largest absolute Gasteiger partial charge is 0.573 e. The third kappa shape index (κ3) is 4.43. The Bertz CT molecular complexity index is 486. The molecule has 0 aromatic heterocycles. The normalized spacial score (nSPS) is 16.2. The highest BCUT2D eigenvalue weighted by molar-refractivity contribution is 5.81. The van der Waals surface area contributed by atoms with Crippen LogP contribution >= 0.6 is 0 Å². The standard InChI is InChI=1S/C14H13F3O2/c15-14(16,17)19-13-7-3-11(4-8-13)9-10-1-5-12(18)6-2-10/h1,3-4,7-8H,2,5-6,9H2. The maximum absolute atomic E-state index is 12.0. The van der Waals surface area contributed by atoms with Gasteiger partial charge in [-0.1, -0.05) is 23.8 Å². The first-order valence-electron chi connectivity index (χ1n) is 5.97. The summed E-state index contributed by atoms with van der Waals surface area (Å²) in [6, 6.07) is 5.82. The highest BCUT2D eigenvalue weighted by Gasteiger charge is 2.30. The predicted octanol–water partition coefficient (Wildman–Crippen LogP) is 3.81.